The summed E-state index contributed by atoms with van der Waals surface area (Å²) in [5, 5.41) is 0. The summed E-state index contributed by atoms with van der Waals surface area (Å²) in [6, 6.07) is 9.06. The van der Waals surface area contributed by atoms with E-state index in [0.717, 1.165) is 13.0 Å². The van der Waals surface area contributed by atoms with E-state index in [9.17, 15) is 0 Å². The highest BCUT2D eigenvalue weighted by Crippen LogP contribution is 2.28. The van der Waals surface area contributed by atoms with Gasteiger partial charge >= 0.3 is 0 Å². The van der Waals surface area contributed by atoms with Crippen LogP contribution in [0.25, 0.3) is 0 Å². The summed E-state index contributed by atoms with van der Waals surface area (Å²) < 4.78 is 0. The minimum atomic E-state index is 0.603. The predicted molar refractivity (Wildman–Crippen MR) is 71.8 cm³/mol. The topological polar surface area (TPSA) is 26.0 Å². The van der Waals surface area contributed by atoms with Crippen LogP contribution in [0.1, 0.15) is 57.1 Å². The number of hydrogen-bond acceptors (Lipinski definition) is 1. The first kappa shape index (κ1) is 13.2. The third kappa shape index (κ3) is 3.34. The first-order valence-corrected chi connectivity index (χ1v) is 6.36. The third-order valence-corrected chi connectivity index (χ3v) is 3.31. The van der Waals surface area contributed by atoms with E-state index in [2.05, 4.69) is 52.0 Å². The van der Waals surface area contributed by atoms with Crippen LogP contribution in [0.2, 0.25) is 0 Å². The lowest BCUT2D eigenvalue weighted by Crippen LogP contribution is -2.12. The minimum absolute atomic E-state index is 0.603. The van der Waals surface area contributed by atoms with Crippen LogP contribution in [-0.2, 0) is 0 Å². The molecule has 0 aliphatic rings. The lowest BCUT2D eigenvalue weighted by molar-refractivity contribution is 0.473. The zero-order valence-electron chi connectivity index (χ0n) is 11.0. The maximum Gasteiger partial charge on any atom is -0.00713 e. The molecule has 1 atom stereocenters. The maximum absolute atomic E-state index is 5.68. The average molecular weight is 219 g/mol. The molecular formula is C15H25N. The van der Waals surface area contributed by atoms with E-state index < -0.39 is 0 Å². The van der Waals surface area contributed by atoms with Crippen LogP contribution >= 0.6 is 0 Å². The molecule has 0 saturated carbocycles. The van der Waals surface area contributed by atoms with Crippen molar-refractivity contribution in [3.05, 3.63) is 35.4 Å². The van der Waals surface area contributed by atoms with Crippen LogP contribution in [-0.4, -0.2) is 6.54 Å². The molecule has 0 aromatic heterocycles. The fraction of sp³-hybridized carbons (Fsp3) is 0.600. The Kier molecular flexibility index (Phi) is 5.01. The largest absolute Gasteiger partial charge is 0.330 e. The molecule has 1 aromatic carbocycles. The van der Waals surface area contributed by atoms with E-state index >= 15 is 0 Å². The Bertz CT molecular complexity index is 298. The molecule has 0 amide bonds. The summed E-state index contributed by atoms with van der Waals surface area (Å²) in [4.78, 5) is 0. The van der Waals surface area contributed by atoms with E-state index in [1.807, 2.05) is 0 Å². The van der Waals surface area contributed by atoms with Crippen LogP contribution in [0.3, 0.4) is 0 Å². The maximum atomic E-state index is 5.68. The van der Waals surface area contributed by atoms with Gasteiger partial charge in [0.25, 0.3) is 0 Å². The highest BCUT2D eigenvalue weighted by atomic mass is 14.5. The molecule has 1 unspecified atom stereocenters. The Morgan fingerprint density at radius 1 is 0.938 bits per heavy atom. The van der Waals surface area contributed by atoms with Crippen LogP contribution in [0.5, 0.6) is 0 Å². The summed E-state index contributed by atoms with van der Waals surface area (Å²) in [6.07, 6.45) is 1.08. The number of benzene rings is 1. The van der Waals surface area contributed by atoms with Crippen LogP contribution in [0.4, 0.5) is 0 Å². The molecular weight excluding hydrogens is 194 g/mol. The molecule has 1 heteroatoms. The molecule has 0 aliphatic heterocycles. The average Bonchev–Trinajstić information content (AvgIpc) is 2.25. The molecule has 1 nitrogen and oxygen atoms in total. The van der Waals surface area contributed by atoms with Gasteiger partial charge in [-0.15, -0.1) is 0 Å². The SMILES string of the molecule is CC(C)c1ccc(C(CCN)C(C)C)cc1. The Morgan fingerprint density at radius 3 is 1.81 bits per heavy atom. The Morgan fingerprint density at radius 2 is 1.44 bits per heavy atom. The number of hydrogen-bond donors (Lipinski definition) is 1. The van der Waals surface area contributed by atoms with E-state index in [-0.39, 0.29) is 0 Å². The summed E-state index contributed by atoms with van der Waals surface area (Å²) in [7, 11) is 0. The van der Waals surface area contributed by atoms with Gasteiger partial charge in [0.15, 0.2) is 0 Å². The van der Waals surface area contributed by atoms with Crippen molar-refractivity contribution >= 4 is 0 Å². The molecule has 2 N–H and O–H groups in total. The van der Waals surface area contributed by atoms with Gasteiger partial charge in [0.05, 0.1) is 0 Å². The molecule has 1 rings (SSSR count). The standard InChI is InChI=1S/C15H25N/c1-11(2)13-5-7-14(8-6-13)15(9-10-16)12(3)4/h5-8,11-12,15H,9-10,16H2,1-4H3. The second-order valence-corrected chi connectivity index (χ2v) is 5.25. The van der Waals surface area contributed by atoms with Crippen LogP contribution in [0, 0.1) is 5.92 Å². The van der Waals surface area contributed by atoms with Crippen molar-refractivity contribution in [2.45, 2.75) is 46.0 Å². The fourth-order valence-corrected chi connectivity index (χ4v) is 2.19. The summed E-state index contributed by atoms with van der Waals surface area (Å²) in [6.45, 7) is 9.78. The summed E-state index contributed by atoms with van der Waals surface area (Å²) in [5.41, 5.74) is 8.53. The lowest BCUT2D eigenvalue weighted by Gasteiger charge is -2.21. The molecule has 0 radical (unpaired) electrons. The fourth-order valence-electron chi connectivity index (χ4n) is 2.19. The Labute approximate surface area is 100 Å². The van der Waals surface area contributed by atoms with Crippen LogP contribution < -0.4 is 5.73 Å². The van der Waals surface area contributed by atoms with Gasteiger partial charge < -0.3 is 5.73 Å². The van der Waals surface area contributed by atoms with E-state index in [1.165, 1.54) is 11.1 Å². The van der Waals surface area contributed by atoms with Crippen molar-refractivity contribution in [1.82, 2.24) is 0 Å². The lowest BCUT2D eigenvalue weighted by atomic mass is 9.85. The van der Waals surface area contributed by atoms with Gasteiger partial charge in [0.1, 0.15) is 0 Å². The smallest absolute Gasteiger partial charge is 0.00713 e. The van der Waals surface area contributed by atoms with Crippen LogP contribution in [0.15, 0.2) is 24.3 Å². The summed E-state index contributed by atoms with van der Waals surface area (Å²) >= 11 is 0. The van der Waals surface area contributed by atoms with Crippen molar-refractivity contribution in [1.29, 1.82) is 0 Å². The zero-order chi connectivity index (χ0) is 12.1. The van der Waals surface area contributed by atoms with Crippen molar-refractivity contribution in [3.8, 4) is 0 Å². The first-order valence-electron chi connectivity index (χ1n) is 6.36. The van der Waals surface area contributed by atoms with E-state index in [0.29, 0.717) is 17.8 Å². The number of nitrogens with two attached hydrogens (primary N) is 1. The molecule has 0 saturated heterocycles. The van der Waals surface area contributed by atoms with Crippen molar-refractivity contribution < 1.29 is 0 Å². The molecule has 0 bridgehead atoms. The highest BCUT2D eigenvalue weighted by molar-refractivity contribution is 5.27. The van der Waals surface area contributed by atoms with Crippen molar-refractivity contribution in [2.75, 3.05) is 6.54 Å². The molecule has 0 heterocycles. The van der Waals surface area contributed by atoms with Gasteiger partial charge in [-0.2, -0.15) is 0 Å². The second-order valence-electron chi connectivity index (χ2n) is 5.25. The summed E-state index contributed by atoms with van der Waals surface area (Å²) in [5.74, 6) is 1.88. The first-order chi connectivity index (χ1) is 7.56. The molecule has 90 valence electrons. The molecule has 0 fully saturated rings. The normalized spacial score (nSPS) is 13.4. The molecule has 1 aromatic rings. The molecule has 0 aliphatic carbocycles. The monoisotopic (exact) mass is 219 g/mol. The quantitative estimate of drug-likeness (QED) is 0.798. The van der Waals surface area contributed by atoms with Gasteiger partial charge in [-0.1, -0.05) is 52.0 Å². The molecule has 16 heavy (non-hydrogen) atoms. The van der Waals surface area contributed by atoms with E-state index in [4.69, 9.17) is 5.73 Å². The van der Waals surface area contributed by atoms with Gasteiger partial charge in [0.2, 0.25) is 0 Å². The van der Waals surface area contributed by atoms with E-state index in [1.54, 1.807) is 0 Å². The minimum Gasteiger partial charge on any atom is -0.330 e. The Balaban J connectivity index is 2.85. The molecule has 0 spiro atoms. The number of rotatable bonds is 5. The van der Waals surface area contributed by atoms with Crippen molar-refractivity contribution in [3.63, 3.8) is 0 Å². The third-order valence-electron chi connectivity index (χ3n) is 3.31. The highest BCUT2D eigenvalue weighted by Gasteiger charge is 2.14. The van der Waals surface area contributed by atoms with Gasteiger partial charge in [-0.3, -0.25) is 0 Å². The Hall–Kier alpha value is -0.820. The predicted octanol–water partition coefficient (Wildman–Crippen LogP) is 3.90. The second kappa shape index (κ2) is 6.05. The van der Waals surface area contributed by atoms with Gasteiger partial charge in [-0.05, 0) is 41.8 Å². The zero-order valence-corrected chi connectivity index (χ0v) is 11.0. The van der Waals surface area contributed by atoms with Gasteiger partial charge in [0, 0.05) is 0 Å². The van der Waals surface area contributed by atoms with Gasteiger partial charge in [-0.25, -0.2) is 0 Å². The van der Waals surface area contributed by atoms with Crippen molar-refractivity contribution in [2.24, 2.45) is 11.7 Å².